The summed E-state index contributed by atoms with van der Waals surface area (Å²) in [5, 5.41) is 13.6. The first-order valence-electron chi connectivity index (χ1n) is 5.58. The number of nitrogens with one attached hydrogen (secondary N) is 2. The molecular formula is C11H16N4O. The average Bonchev–Trinajstić information content (AvgIpc) is 3.12. The molecule has 1 aromatic heterocycles. The van der Waals surface area contributed by atoms with E-state index in [0.29, 0.717) is 13.1 Å². The first-order valence-corrected chi connectivity index (χ1v) is 5.58. The van der Waals surface area contributed by atoms with Gasteiger partial charge in [0.05, 0.1) is 12.2 Å². The number of hydrogen-bond acceptors (Lipinski definition) is 4. The van der Waals surface area contributed by atoms with Crippen LogP contribution in [0, 0.1) is 5.92 Å². The molecule has 0 radical (unpaired) electrons. The topological polar surface area (TPSA) is 66.9 Å². The molecule has 1 saturated carbocycles. The van der Waals surface area contributed by atoms with E-state index in [0.717, 1.165) is 18.2 Å². The number of carbonyl (C=O) groups excluding carboxylic acids is 1. The second-order valence-corrected chi connectivity index (χ2v) is 4.07. The monoisotopic (exact) mass is 220 g/mol. The van der Waals surface area contributed by atoms with Crippen LogP contribution >= 0.6 is 0 Å². The molecule has 1 fully saturated rings. The molecule has 0 spiro atoms. The van der Waals surface area contributed by atoms with Gasteiger partial charge in [-0.05, 0) is 30.9 Å². The van der Waals surface area contributed by atoms with E-state index in [1.54, 1.807) is 6.20 Å². The van der Waals surface area contributed by atoms with Crippen molar-refractivity contribution >= 4 is 5.91 Å². The predicted molar refractivity (Wildman–Crippen MR) is 59.5 cm³/mol. The molecule has 0 bridgehead atoms. The van der Waals surface area contributed by atoms with Crippen molar-refractivity contribution in [2.24, 2.45) is 5.92 Å². The molecule has 2 rings (SSSR count). The normalized spacial score (nSPS) is 14.8. The Morgan fingerprint density at radius 1 is 1.50 bits per heavy atom. The second-order valence-electron chi connectivity index (χ2n) is 4.07. The maximum Gasteiger partial charge on any atom is 0.233 e. The van der Waals surface area contributed by atoms with Gasteiger partial charge in [0.15, 0.2) is 0 Å². The maximum atomic E-state index is 11.4. The van der Waals surface area contributed by atoms with Gasteiger partial charge in [-0.2, -0.15) is 10.2 Å². The molecular weight excluding hydrogens is 204 g/mol. The molecule has 5 heteroatoms. The van der Waals surface area contributed by atoms with Crippen LogP contribution in [0.25, 0.3) is 0 Å². The van der Waals surface area contributed by atoms with E-state index in [4.69, 9.17) is 0 Å². The van der Waals surface area contributed by atoms with Crippen LogP contribution in [0.15, 0.2) is 18.3 Å². The van der Waals surface area contributed by atoms with Gasteiger partial charge in [-0.3, -0.25) is 4.79 Å². The molecule has 1 aliphatic carbocycles. The zero-order valence-electron chi connectivity index (χ0n) is 9.15. The maximum absolute atomic E-state index is 11.4. The van der Waals surface area contributed by atoms with E-state index in [2.05, 4.69) is 20.8 Å². The van der Waals surface area contributed by atoms with Gasteiger partial charge in [-0.15, -0.1) is 0 Å². The molecule has 1 aromatic rings. The molecule has 0 aromatic carbocycles. The van der Waals surface area contributed by atoms with E-state index in [-0.39, 0.29) is 5.91 Å². The van der Waals surface area contributed by atoms with Crippen LogP contribution in [-0.4, -0.2) is 29.2 Å². The third-order valence-electron chi connectivity index (χ3n) is 2.50. The van der Waals surface area contributed by atoms with Crippen molar-refractivity contribution < 1.29 is 4.79 Å². The van der Waals surface area contributed by atoms with E-state index >= 15 is 0 Å². The molecule has 1 heterocycles. The SMILES string of the molecule is O=C(CNCc1cccnn1)NCC1CC1. The fourth-order valence-electron chi connectivity index (χ4n) is 1.37. The van der Waals surface area contributed by atoms with Crippen LogP contribution < -0.4 is 10.6 Å². The molecule has 0 unspecified atom stereocenters. The first-order chi connectivity index (χ1) is 7.84. The Morgan fingerprint density at radius 3 is 3.06 bits per heavy atom. The summed E-state index contributed by atoms with van der Waals surface area (Å²) in [6.45, 7) is 1.74. The van der Waals surface area contributed by atoms with Gasteiger partial charge < -0.3 is 10.6 Å². The summed E-state index contributed by atoms with van der Waals surface area (Å²) in [5.41, 5.74) is 0.845. The molecule has 2 N–H and O–H groups in total. The highest BCUT2D eigenvalue weighted by Crippen LogP contribution is 2.27. The summed E-state index contributed by atoms with van der Waals surface area (Å²) >= 11 is 0. The third-order valence-corrected chi connectivity index (χ3v) is 2.50. The minimum absolute atomic E-state index is 0.0517. The fourth-order valence-corrected chi connectivity index (χ4v) is 1.37. The highest BCUT2D eigenvalue weighted by Gasteiger charge is 2.21. The Morgan fingerprint density at radius 2 is 2.38 bits per heavy atom. The highest BCUT2D eigenvalue weighted by molar-refractivity contribution is 5.77. The number of aromatic nitrogens is 2. The van der Waals surface area contributed by atoms with Crippen molar-refractivity contribution in [3.63, 3.8) is 0 Å². The lowest BCUT2D eigenvalue weighted by Gasteiger charge is -2.05. The number of rotatable bonds is 6. The van der Waals surface area contributed by atoms with Crippen LogP contribution in [0.5, 0.6) is 0 Å². The molecule has 0 aliphatic heterocycles. The van der Waals surface area contributed by atoms with Crippen molar-refractivity contribution in [2.75, 3.05) is 13.1 Å². The fraction of sp³-hybridized carbons (Fsp3) is 0.545. The zero-order valence-corrected chi connectivity index (χ0v) is 9.15. The summed E-state index contributed by atoms with van der Waals surface area (Å²) in [4.78, 5) is 11.4. The lowest BCUT2D eigenvalue weighted by Crippen LogP contribution is -2.34. The van der Waals surface area contributed by atoms with Crippen LogP contribution in [-0.2, 0) is 11.3 Å². The Bertz CT molecular complexity index is 337. The number of amides is 1. The molecule has 1 aliphatic rings. The quantitative estimate of drug-likeness (QED) is 0.713. The number of nitrogens with zero attached hydrogens (tertiary/aromatic N) is 2. The summed E-state index contributed by atoms with van der Waals surface area (Å²) in [6.07, 6.45) is 4.15. The van der Waals surface area contributed by atoms with Crippen molar-refractivity contribution in [3.05, 3.63) is 24.0 Å². The summed E-state index contributed by atoms with van der Waals surface area (Å²) < 4.78 is 0. The van der Waals surface area contributed by atoms with Crippen molar-refractivity contribution in [2.45, 2.75) is 19.4 Å². The lowest BCUT2D eigenvalue weighted by molar-refractivity contribution is -0.120. The standard InChI is InChI=1S/C11H16N4O/c16-11(13-6-9-3-4-9)8-12-7-10-2-1-5-14-15-10/h1-2,5,9,12H,3-4,6-8H2,(H,13,16). The smallest absolute Gasteiger partial charge is 0.233 e. The average molecular weight is 220 g/mol. The van der Waals surface area contributed by atoms with Crippen molar-refractivity contribution in [1.82, 2.24) is 20.8 Å². The second kappa shape index (κ2) is 5.55. The van der Waals surface area contributed by atoms with Gasteiger partial charge >= 0.3 is 0 Å². The Hall–Kier alpha value is -1.49. The van der Waals surface area contributed by atoms with E-state index in [9.17, 15) is 4.79 Å². The van der Waals surface area contributed by atoms with Gasteiger partial charge in [0.1, 0.15) is 0 Å². The van der Waals surface area contributed by atoms with E-state index in [1.807, 2.05) is 12.1 Å². The summed E-state index contributed by atoms with van der Waals surface area (Å²) in [6, 6.07) is 3.71. The molecule has 1 amide bonds. The van der Waals surface area contributed by atoms with Crippen LogP contribution in [0.1, 0.15) is 18.5 Å². The third kappa shape index (κ3) is 3.94. The first kappa shape index (κ1) is 11.0. The van der Waals surface area contributed by atoms with Gasteiger partial charge in [-0.25, -0.2) is 0 Å². The lowest BCUT2D eigenvalue weighted by atomic mass is 10.4. The Balaban J connectivity index is 1.58. The molecule has 5 nitrogen and oxygen atoms in total. The molecule has 0 atom stereocenters. The minimum atomic E-state index is 0.0517. The number of carbonyl (C=O) groups is 1. The van der Waals surface area contributed by atoms with E-state index in [1.165, 1.54) is 12.8 Å². The van der Waals surface area contributed by atoms with Crippen LogP contribution in [0.2, 0.25) is 0 Å². The predicted octanol–water partition coefficient (Wildman–Crippen LogP) is 0.0924. The van der Waals surface area contributed by atoms with E-state index < -0.39 is 0 Å². The summed E-state index contributed by atoms with van der Waals surface area (Å²) in [7, 11) is 0. The largest absolute Gasteiger partial charge is 0.355 e. The van der Waals surface area contributed by atoms with Crippen molar-refractivity contribution in [3.8, 4) is 0 Å². The van der Waals surface area contributed by atoms with Crippen molar-refractivity contribution in [1.29, 1.82) is 0 Å². The Kier molecular flexibility index (Phi) is 3.82. The molecule has 0 saturated heterocycles. The molecule has 16 heavy (non-hydrogen) atoms. The minimum Gasteiger partial charge on any atom is -0.355 e. The van der Waals surface area contributed by atoms with Gasteiger partial charge in [0.25, 0.3) is 0 Å². The highest BCUT2D eigenvalue weighted by atomic mass is 16.1. The van der Waals surface area contributed by atoms with Crippen LogP contribution in [0.3, 0.4) is 0 Å². The van der Waals surface area contributed by atoms with Gasteiger partial charge in [-0.1, -0.05) is 0 Å². The summed E-state index contributed by atoms with van der Waals surface area (Å²) in [5.74, 6) is 0.778. The van der Waals surface area contributed by atoms with Crippen LogP contribution in [0.4, 0.5) is 0 Å². The zero-order chi connectivity index (χ0) is 11.2. The number of hydrogen-bond donors (Lipinski definition) is 2. The van der Waals surface area contributed by atoms with Gasteiger partial charge in [0, 0.05) is 19.3 Å². The Labute approximate surface area is 94.6 Å². The van der Waals surface area contributed by atoms with Gasteiger partial charge in [0.2, 0.25) is 5.91 Å². The molecule has 86 valence electrons.